The van der Waals surface area contributed by atoms with E-state index >= 15 is 0 Å². The Labute approximate surface area is 72.7 Å². The summed E-state index contributed by atoms with van der Waals surface area (Å²) in [6.07, 6.45) is 1.00. The summed E-state index contributed by atoms with van der Waals surface area (Å²) in [4.78, 5) is 13.2. The van der Waals surface area contributed by atoms with Gasteiger partial charge in [-0.1, -0.05) is 0 Å². The molecule has 0 spiro atoms. The van der Waals surface area contributed by atoms with Crippen LogP contribution in [0, 0.1) is 0 Å². The van der Waals surface area contributed by atoms with Crippen molar-refractivity contribution in [2.24, 2.45) is 5.73 Å². The van der Waals surface area contributed by atoms with Crippen molar-refractivity contribution in [2.75, 3.05) is 33.4 Å². The van der Waals surface area contributed by atoms with E-state index in [-0.39, 0.29) is 18.4 Å². The van der Waals surface area contributed by atoms with Crippen LogP contribution in [0.2, 0.25) is 0 Å². The van der Waals surface area contributed by atoms with Gasteiger partial charge in [-0.2, -0.15) is 0 Å². The van der Waals surface area contributed by atoms with Crippen LogP contribution >= 0.6 is 0 Å². The third-order valence-corrected chi connectivity index (χ3v) is 2.01. The molecule has 1 saturated heterocycles. The zero-order valence-electron chi connectivity index (χ0n) is 7.45. The lowest BCUT2D eigenvalue weighted by atomic mass is 10.3. The molecule has 4 nitrogen and oxygen atoms in total. The van der Waals surface area contributed by atoms with Crippen molar-refractivity contribution in [3.8, 4) is 0 Å². The summed E-state index contributed by atoms with van der Waals surface area (Å²) in [6.45, 7) is 2.49. The first kappa shape index (κ1) is 9.64. The largest absolute Gasteiger partial charge is 0.377 e. The molecule has 0 radical (unpaired) electrons. The number of hydrogen-bond acceptors (Lipinski definition) is 4. The normalized spacial score (nSPS) is 24.7. The number of likely N-dealkylation sites (tertiary alicyclic amines) is 1. The second-order valence-electron chi connectivity index (χ2n) is 3.26. The average Bonchev–Trinajstić information content (AvgIpc) is 2.36. The smallest absolute Gasteiger partial charge is 0.172 e. The number of hydrogen-bond donors (Lipinski definition) is 1. The predicted molar refractivity (Wildman–Crippen MR) is 45.9 cm³/mol. The molecule has 1 heterocycles. The molecule has 0 saturated carbocycles. The van der Waals surface area contributed by atoms with Crippen LogP contribution in [0.5, 0.6) is 0 Å². The maximum Gasteiger partial charge on any atom is 0.172 e. The van der Waals surface area contributed by atoms with Crippen LogP contribution in [0.1, 0.15) is 6.42 Å². The summed E-state index contributed by atoms with van der Waals surface area (Å²) in [7, 11) is 1.54. The number of rotatable bonds is 4. The number of ketones is 1. The minimum Gasteiger partial charge on any atom is -0.377 e. The molecule has 0 aromatic carbocycles. The summed E-state index contributed by atoms with van der Waals surface area (Å²) in [6, 6.07) is 0.250. The Balaban J connectivity index is 2.18. The number of carbonyl (C=O) groups excluding carboxylic acids is 1. The molecular weight excluding hydrogens is 156 g/mol. The molecule has 70 valence electrons. The van der Waals surface area contributed by atoms with E-state index in [1.807, 2.05) is 0 Å². The van der Waals surface area contributed by atoms with E-state index in [9.17, 15) is 4.79 Å². The lowest BCUT2D eigenvalue weighted by Gasteiger charge is -2.12. The number of Topliss-reactive ketones (excluding diaryl/α,β-unsaturated/α-hetero) is 1. The maximum atomic E-state index is 11.1. The molecule has 1 atom stereocenters. The van der Waals surface area contributed by atoms with Crippen LogP contribution in [0.4, 0.5) is 0 Å². The van der Waals surface area contributed by atoms with Gasteiger partial charge in [0.05, 0.1) is 6.54 Å². The molecule has 1 rings (SSSR count). The average molecular weight is 172 g/mol. The molecule has 12 heavy (non-hydrogen) atoms. The second-order valence-corrected chi connectivity index (χ2v) is 3.26. The van der Waals surface area contributed by atoms with E-state index < -0.39 is 0 Å². The monoisotopic (exact) mass is 172 g/mol. The van der Waals surface area contributed by atoms with Gasteiger partial charge in [0.1, 0.15) is 6.61 Å². The first-order valence-corrected chi connectivity index (χ1v) is 4.21. The fourth-order valence-electron chi connectivity index (χ4n) is 1.46. The van der Waals surface area contributed by atoms with E-state index in [4.69, 9.17) is 10.5 Å². The molecule has 2 N–H and O–H groups in total. The van der Waals surface area contributed by atoms with Crippen molar-refractivity contribution in [1.82, 2.24) is 4.90 Å². The summed E-state index contributed by atoms with van der Waals surface area (Å²) >= 11 is 0. The van der Waals surface area contributed by atoms with E-state index in [0.717, 1.165) is 19.5 Å². The Morgan fingerprint density at radius 3 is 3.00 bits per heavy atom. The van der Waals surface area contributed by atoms with Gasteiger partial charge in [-0.15, -0.1) is 0 Å². The highest BCUT2D eigenvalue weighted by atomic mass is 16.5. The van der Waals surface area contributed by atoms with Crippen molar-refractivity contribution >= 4 is 5.78 Å². The quantitative estimate of drug-likeness (QED) is 0.605. The van der Waals surface area contributed by atoms with Gasteiger partial charge in [0.2, 0.25) is 0 Å². The summed E-state index contributed by atoms with van der Waals surface area (Å²) in [5, 5.41) is 0. The molecule has 0 aromatic heterocycles. The summed E-state index contributed by atoms with van der Waals surface area (Å²) in [5.41, 5.74) is 5.69. The minimum absolute atomic E-state index is 0.131. The molecule has 1 unspecified atom stereocenters. The Hall–Kier alpha value is -0.450. The minimum atomic E-state index is 0.131. The highest BCUT2D eigenvalue weighted by molar-refractivity contribution is 5.81. The number of carbonyl (C=O) groups is 1. The molecule has 0 bridgehead atoms. The van der Waals surface area contributed by atoms with Crippen molar-refractivity contribution < 1.29 is 9.53 Å². The van der Waals surface area contributed by atoms with E-state index in [0.29, 0.717) is 6.54 Å². The number of ether oxygens (including phenoxy) is 1. The van der Waals surface area contributed by atoms with Gasteiger partial charge >= 0.3 is 0 Å². The van der Waals surface area contributed by atoms with Gasteiger partial charge in [0.15, 0.2) is 5.78 Å². The lowest BCUT2D eigenvalue weighted by molar-refractivity contribution is -0.123. The lowest BCUT2D eigenvalue weighted by Crippen LogP contribution is -2.32. The van der Waals surface area contributed by atoms with Gasteiger partial charge in [-0.05, 0) is 6.42 Å². The summed E-state index contributed by atoms with van der Waals surface area (Å²) < 4.78 is 4.73. The molecular formula is C8H16N2O2. The zero-order valence-corrected chi connectivity index (χ0v) is 7.45. The third-order valence-electron chi connectivity index (χ3n) is 2.01. The number of methoxy groups -OCH3 is 1. The van der Waals surface area contributed by atoms with Crippen LogP contribution in [0.15, 0.2) is 0 Å². The first-order valence-electron chi connectivity index (χ1n) is 4.21. The molecule has 1 fully saturated rings. The topological polar surface area (TPSA) is 55.6 Å². The van der Waals surface area contributed by atoms with Gasteiger partial charge in [0.25, 0.3) is 0 Å². The second kappa shape index (κ2) is 4.54. The Bertz CT molecular complexity index is 161. The highest BCUT2D eigenvalue weighted by Gasteiger charge is 2.20. The van der Waals surface area contributed by atoms with Crippen molar-refractivity contribution in [1.29, 1.82) is 0 Å². The van der Waals surface area contributed by atoms with Gasteiger partial charge in [0, 0.05) is 26.2 Å². The maximum absolute atomic E-state index is 11.1. The molecule has 0 amide bonds. The standard InChI is InChI=1S/C8H16N2O2/c1-12-6-8(11)5-10-3-2-7(9)4-10/h7H,2-6,9H2,1H3. The van der Waals surface area contributed by atoms with Crippen molar-refractivity contribution in [2.45, 2.75) is 12.5 Å². The molecule has 0 aromatic rings. The van der Waals surface area contributed by atoms with Crippen LogP contribution in [-0.4, -0.2) is 50.1 Å². The van der Waals surface area contributed by atoms with Crippen LogP contribution in [-0.2, 0) is 9.53 Å². The van der Waals surface area contributed by atoms with E-state index in [2.05, 4.69) is 4.90 Å². The molecule has 1 aliphatic rings. The van der Waals surface area contributed by atoms with Crippen molar-refractivity contribution in [3.05, 3.63) is 0 Å². The molecule has 1 aliphatic heterocycles. The first-order chi connectivity index (χ1) is 5.72. The van der Waals surface area contributed by atoms with Crippen molar-refractivity contribution in [3.63, 3.8) is 0 Å². The summed E-state index contributed by atoms with van der Waals surface area (Å²) in [5.74, 6) is 0.131. The Morgan fingerprint density at radius 2 is 2.50 bits per heavy atom. The van der Waals surface area contributed by atoms with Gasteiger partial charge in [-0.25, -0.2) is 0 Å². The fourth-order valence-corrected chi connectivity index (χ4v) is 1.46. The SMILES string of the molecule is COCC(=O)CN1CCC(N)C1. The number of nitrogens with zero attached hydrogens (tertiary/aromatic N) is 1. The predicted octanol–water partition coefficient (Wildman–Crippen LogP) is -0.765. The van der Waals surface area contributed by atoms with Crippen LogP contribution in [0.3, 0.4) is 0 Å². The van der Waals surface area contributed by atoms with Crippen LogP contribution in [0.25, 0.3) is 0 Å². The Morgan fingerprint density at radius 1 is 1.75 bits per heavy atom. The van der Waals surface area contributed by atoms with Gasteiger partial charge < -0.3 is 10.5 Å². The van der Waals surface area contributed by atoms with Crippen LogP contribution < -0.4 is 5.73 Å². The Kier molecular flexibility index (Phi) is 3.65. The van der Waals surface area contributed by atoms with Gasteiger partial charge in [-0.3, -0.25) is 9.69 Å². The fraction of sp³-hybridized carbons (Fsp3) is 0.875. The third kappa shape index (κ3) is 2.89. The van der Waals surface area contributed by atoms with E-state index in [1.54, 1.807) is 0 Å². The number of nitrogens with two attached hydrogens (primary N) is 1. The molecule has 4 heteroatoms. The zero-order chi connectivity index (χ0) is 8.97. The van der Waals surface area contributed by atoms with E-state index in [1.165, 1.54) is 7.11 Å². The highest BCUT2D eigenvalue weighted by Crippen LogP contribution is 2.05. The molecule has 0 aliphatic carbocycles.